The van der Waals surface area contributed by atoms with Crippen molar-refractivity contribution in [1.29, 1.82) is 0 Å². The topological polar surface area (TPSA) is 18.5 Å². The Hall–Kier alpha value is -1.96. The van der Waals surface area contributed by atoms with E-state index in [1.807, 2.05) is 0 Å². The minimum atomic E-state index is 0.620. The molecule has 1 unspecified atom stereocenters. The first-order valence-electron chi connectivity index (χ1n) is 9.09. The number of hydrogen-bond donors (Lipinski definition) is 0. The van der Waals surface area contributed by atoms with Crippen molar-refractivity contribution in [3.05, 3.63) is 58.7 Å². The van der Waals surface area contributed by atoms with Crippen LogP contribution in [-0.4, -0.2) is 14.2 Å². The molecule has 2 heteroatoms. The van der Waals surface area contributed by atoms with E-state index in [0.29, 0.717) is 5.92 Å². The third-order valence-electron chi connectivity index (χ3n) is 5.62. The molecular formula is C22H26O2. The minimum Gasteiger partial charge on any atom is -0.497 e. The van der Waals surface area contributed by atoms with Crippen LogP contribution in [0, 0.1) is 5.92 Å². The van der Waals surface area contributed by atoms with Gasteiger partial charge in [-0.1, -0.05) is 18.2 Å². The number of rotatable bonds is 5. The van der Waals surface area contributed by atoms with Gasteiger partial charge in [-0.25, -0.2) is 0 Å². The first-order valence-corrected chi connectivity index (χ1v) is 9.09. The molecule has 0 saturated heterocycles. The minimum absolute atomic E-state index is 0.620. The van der Waals surface area contributed by atoms with Crippen LogP contribution in [0.15, 0.2) is 36.4 Å². The van der Waals surface area contributed by atoms with Crippen molar-refractivity contribution in [2.45, 2.75) is 44.4 Å². The molecule has 0 spiro atoms. The van der Waals surface area contributed by atoms with Crippen LogP contribution in [0.2, 0.25) is 0 Å². The molecule has 2 aliphatic rings. The molecule has 0 aromatic heterocycles. The third kappa shape index (κ3) is 3.15. The Bertz CT molecular complexity index is 731. The molecule has 0 amide bonds. The highest BCUT2D eigenvalue weighted by Gasteiger charge is 2.25. The van der Waals surface area contributed by atoms with Crippen molar-refractivity contribution in [1.82, 2.24) is 0 Å². The molecule has 2 aromatic carbocycles. The summed E-state index contributed by atoms with van der Waals surface area (Å²) in [5.74, 6) is 3.54. The van der Waals surface area contributed by atoms with Gasteiger partial charge in [-0.05, 0) is 90.8 Å². The molecule has 2 aliphatic carbocycles. The highest BCUT2D eigenvalue weighted by Crippen LogP contribution is 2.39. The Balaban J connectivity index is 1.57. The summed E-state index contributed by atoms with van der Waals surface area (Å²) in [6.45, 7) is 0. The smallest absolute Gasteiger partial charge is 0.122 e. The predicted octanol–water partition coefficient (Wildman–Crippen LogP) is 4.93. The standard InChI is InChI=1S/C22H26O2/c1-23-21-9-7-17-12-16(5-6-19(17)14-21)18-8-10-22(24-2)20(13-18)11-15-3-4-15/h7-10,13-16H,3-6,11-12H2,1-2H3. The zero-order valence-electron chi connectivity index (χ0n) is 14.7. The number of fused-ring (bicyclic) bond motifs is 1. The Morgan fingerprint density at radius 2 is 1.79 bits per heavy atom. The lowest BCUT2D eigenvalue weighted by Gasteiger charge is -2.26. The van der Waals surface area contributed by atoms with E-state index in [2.05, 4.69) is 36.4 Å². The third-order valence-corrected chi connectivity index (χ3v) is 5.62. The van der Waals surface area contributed by atoms with E-state index in [9.17, 15) is 0 Å². The zero-order chi connectivity index (χ0) is 16.5. The van der Waals surface area contributed by atoms with Gasteiger partial charge in [-0.2, -0.15) is 0 Å². The number of methoxy groups -OCH3 is 2. The summed E-state index contributed by atoms with van der Waals surface area (Å²) < 4.78 is 10.9. The quantitative estimate of drug-likeness (QED) is 0.777. The lowest BCUT2D eigenvalue weighted by atomic mass is 9.79. The fraction of sp³-hybridized carbons (Fsp3) is 0.455. The highest BCUT2D eigenvalue weighted by atomic mass is 16.5. The van der Waals surface area contributed by atoms with Gasteiger partial charge in [0.2, 0.25) is 0 Å². The largest absolute Gasteiger partial charge is 0.497 e. The Kier molecular flexibility index (Phi) is 4.22. The van der Waals surface area contributed by atoms with Crippen LogP contribution in [0.25, 0.3) is 0 Å². The van der Waals surface area contributed by atoms with Crippen LogP contribution in [0.4, 0.5) is 0 Å². The van der Waals surface area contributed by atoms with E-state index >= 15 is 0 Å². The van der Waals surface area contributed by atoms with Gasteiger partial charge in [0.1, 0.15) is 11.5 Å². The number of aryl methyl sites for hydroxylation is 1. The molecule has 2 aromatic rings. The van der Waals surface area contributed by atoms with Gasteiger partial charge in [0.25, 0.3) is 0 Å². The van der Waals surface area contributed by atoms with E-state index in [1.165, 1.54) is 47.9 Å². The SMILES string of the molecule is COc1ccc2c(c1)CCC(c1ccc(OC)c(CC3CC3)c1)C2. The number of ether oxygens (including phenoxy) is 2. The zero-order valence-corrected chi connectivity index (χ0v) is 14.7. The Labute approximate surface area is 144 Å². The van der Waals surface area contributed by atoms with Crippen molar-refractivity contribution in [2.75, 3.05) is 14.2 Å². The predicted molar refractivity (Wildman–Crippen MR) is 97.2 cm³/mol. The molecule has 0 bridgehead atoms. The maximum absolute atomic E-state index is 5.58. The second kappa shape index (κ2) is 6.51. The second-order valence-electron chi connectivity index (χ2n) is 7.29. The molecule has 0 heterocycles. The first kappa shape index (κ1) is 15.6. The summed E-state index contributed by atoms with van der Waals surface area (Å²) in [6.07, 6.45) is 7.43. The normalized spacial score (nSPS) is 19.7. The molecule has 24 heavy (non-hydrogen) atoms. The maximum Gasteiger partial charge on any atom is 0.122 e. The van der Waals surface area contributed by atoms with Gasteiger partial charge in [0.05, 0.1) is 14.2 Å². The van der Waals surface area contributed by atoms with Crippen molar-refractivity contribution in [2.24, 2.45) is 5.92 Å². The van der Waals surface area contributed by atoms with Crippen LogP contribution < -0.4 is 9.47 Å². The molecule has 126 valence electrons. The summed E-state index contributed by atoms with van der Waals surface area (Å²) in [5.41, 5.74) is 5.81. The van der Waals surface area contributed by atoms with Crippen LogP contribution >= 0.6 is 0 Å². The Morgan fingerprint density at radius 1 is 0.917 bits per heavy atom. The van der Waals surface area contributed by atoms with Gasteiger partial charge in [0.15, 0.2) is 0 Å². The summed E-state index contributed by atoms with van der Waals surface area (Å²) in [7, 11) is 3.53. The Morgan fingerprint density at radius 3 is 2.54 bits per heavy atom. The lowest BCUT2D eigenvalue weighted by molar-refractivity contribution is 0.408. The molecule has 1 fully saturated rings. The maximum atomic E-state index is 5.58. The van der Waals surface area contributed by atoms with Crippen LogP contribution in [0.1, 0.15) is 47.4 Å². The van der Waals surface area contributed by atoms with E-state index < -0.39 is 0 Å². The van der Waals surface area contributed by atoms with Crippen molar-refractivity contribution in [3.63, 3.8) is 0 Å². The summed E-state index contributed by atoms with van der Waals surface area (Å²) in [5, 5.41) is 0. The number of hydrogen-bond acceptors (Lipinski definition) is 2. The summed E-state index contributed by atoms with van der Waals surface area (Å²) in [4.78, 5) is 0. The average Bonchev–Trinajstić information content (AvgIpc) is 3.44. The van der Waals surface area contributed by atoms with E-state index in [4.69, 9.17) is 9.47 Å². The second-order valence-corrected chi connectivity index (χ2v) is 7.29. The van der Waals surface area contributed by atoms with Crippen molar-refractivity contribution < 1.29 is 9.47 Å². The molecule has 0 N–H and O–H groups in total. The molecule has 1 atom stereocenters. The molecule has 1 saturated carbocycles. The fourth-order valence-electron chi connectivity index (χ4n) is 3.99. The van der Waals surface area contributed by atoms with Gasteiger partial charge in [-0.3, -0.25) is 0 Å². The van der Waals surface area contributed by atoms with Gasteiger partial charge in [-0.15, -0.1) is 0 Å². The molecule has 0 aliphatic heterocycles. The first-order chi connectivity index (χ1) is 11.8. The van der Waals surface area contributed by atoms with Crippen molar-refractivity contribution >= 4 is 0 Å². The van der Waals surface area contributed by atoms with E-state index in [0.717, 1.165) is 30.3 Å². The molecule has 4 rings (SSSR count). The molecule has 2 nitrogen and oxygen atoms in total. The van der Waals surface area contributed by atoms with E-state index in [1.54, 1.807) is 14.2 Å². The number of benzene rings is 2. The molecular weight excluding hydrogens is 296 g/mol. The average molecular weight is 322 g/mol. The van der Waals surface area contributed by atoms with E-state index in [-0.39, 0.29) is 0 Å². The lowest BCUT2D eigenvalue weighted by Crippen LogP contribution is -2.13. The van der Waals surface area contributed by atoms with Crippen LogP contribution in [0.3, 0.4) is 0 Å². The van der Waals surface area contributed by atoms with Gasteiger partial charge >= 0.3 is 0 Å². The highest BCUT2D eigenvalue weighted by molar-refractivity contribution is 5.43. The van der Waals surface area contributed by atoms with Crippen molar-refractivity contribution in [3.8, 4) is 11.5 Å². The summed E-state index contributed by atoms with van der Waals surface area (Å²) in [6, 6.07) is 13.4. The van der Waals surface area contributed by atoms with Crippen LogP contribution in [0.5, 0.6) is 11.5 Å². The van der Waals surface area contributed by atoms with Gasteiger partial charge in [0, 0.05) is 0 Å². The fourth-order valence-corrected chi connectivity index (χ4v) is 3.99. The summed E-state index contributed by atoms with van der Waals surface area (Å²) >= 11 is 0. The molecule has 0 radical (unpaired) electrons. The monoisotopic (exact) mass is 322 g/mol. The van der Waals surface area contributed by atoms with Gasteiger partial charge < -0.3 is 9.47 Å². The van der Waals surface area contributed by atoms with Crippen LogP contribution in [-0.2, 0) is 19.3 Å².